The van der Waals surface area contributed by atoms with Gasteiger partial charge in [0.05, 0.1) is 18.5 Å². The van der Waals surface area contributed by atoms with E-state index in [1.807, 2.05) is 12.1 Å². The third-order valence-electron chi connectivity index (χ3n) is 3.43. The Hall–Kier alpha value is -2.25. The predicted molar refractivity (Wildman–Crippen MR) is 97.8 cm³/mol. The second-order valence-corrected chi connectivity index (χ2v) is 6.08. The number of ether oxygens (including phenoxy) is 1. The lowest BCUT2D eigenvalue weighted by Crippen LogP contribution is -2.33. The molecule has 2 amide bonds. The summed E-state index contributed by atoms with van der Waals surface area (Å²) < 4.78 is 6.01. The van der Waals surface area contributed by atoms with Gasteiger partial charge in [0.1, 0.15) is 5.75 Å². The van der Waals surface area contributed by atoms with Crippen LogP contribution >= 0.6 is 28.1 Å². The number of carbonyl (C=O) groups excluding carboxylic acids is 1. The molecule has 0 radical (unpaired) electrons. The van der Waals surface area contributed by atoms with E-state index in [1.165, 1.54) is 9.80 Å². The molecule has 1 aliphatic heterocycles. The van der Waals surface area contributed by atoms with Crippen molar-refractivity contribution in [2.45, 2.75) is 0 Å². The van der Waals surface area contributed by atoms with E-state index in [0.717, 1.165) is 4.47 Å². The van der Waals surface area contributed by atoms with Gasteiger partial charge in [-0.15, -0.1) is 0 Å². The van der Waals surface area contributed by atoms with E-state index in [9.17, 15) is 4.79 Å². The van der Waals surface area contributed by atoms with Crippen molar-refractivity contribution in [3.63, 3.8) is 0 Å². The number of benzene rings is 2. The smallest absolute Gasteiger partial charge is 0.340 e. The van der Waals surface area contributed by atoms with Gasteiger partial charge in [0.2, 0.25) is 0 Å². The van der Waals surface area contributed by atoms with Gasteiger partial charge in [0.25, 0.3) is 0 Å². The second-order valence-electron chi connectivity index (χ2n) is 4.78. The molecule has 3 rings (SSSR count). The molecule has 116 valence electrons. The Morgan fingerprint density at radius 2 is 1.52 bits per heavy atom. The first-order valence-electron chi connectivity index (χ1n) is 6.69. The van der Waals surface area contributed by atoms with Crippen LogP contribution in [0.5, 0.6) is 5.75 Å². The lowest BCUT2D eigenvalue weighted by Gasteiger charge is -2.17. The summed E-state index contributed by atoms with van der Waals surface area (Å²) in [5.41, 5.74) is 1.20. The molecule has 1 aliphatic rings. The first-order chi connectivity index (χ1) is 11.0. The van der Waals surface area contributed by atoms with Gasteiger partial charge in [-0.25, -0.2) is 14.6 Å². The minimum Gasteiger partial charge on any atom is -0.497 e. The van der Waals surface area contributed by atoms with Crippen LogP contribution in [0.2, 0.25) is 0 Å². The molecule has 2 aromatic rings. The molecule has 0 spiro atoms. The van der Waals surface area contributed by atoms with Crippen molar-refractivity contribution in [2.24, 2.45) is 0 Å². The number of carbonyl (C=O) groups is 1. The Morgan fingerprint density at radius 3 is 2.09 bits per heavy atom. The monoisotopic (exact) mass is 389 g/mol. The third kappa shape index (κ3) is 2.73. The van der Waals surface area contributed by atoms with Crippen molar-refractivity contribution in [1.82, 2.24) is 0 Å². The number of amidine groups is 1. The summed E-state index contributed by atoms with van der Waals surface area (Å²) in [5, 5.41) is 8.18. The summed E-state index contributed by atoms with van der Waals surface area (Å²) in [7, 11) is 1.57. The fraction of sp³-hybridized carbons (Fsp3) is 0.0625. The van der Waals surface area contributed by atoms with Crippen LogP contribution in [0.1, 0.15) is 0 Å². The number of methoxy groups -OCH3 is 1. The van der Waals surface area contributed by atoms with Gasteiger partial charge in [0.15, 0.2) is 10.8 Å². The molecule has 23 heavy (non-hydrogen) atoms. The summed E-state index contributed by atoms with van der Waals surface area (Å²) in [6.07, 6.45) is 0. The molecule has 0 unspecified atom stereocenters. The fourth-order valence-electron chi connectivity index (χ4n) is 2.27. The van der Waals surface area contributed by atoms with Gasteiger partial charge in [-0.3, -0.25) is 5.41 Å². The summed E-state index contributed by atoms with van der Waals surface area (Å²) in [6.45, 7) is 0. The van der Waals surface area contributed by atoms with Crippen LogP contribution in [0.25, 0.3) is 0 Å². The number of hydrogen-bond donors (Lipinski definition) is 1. The van der Waals surface area contributed by atoms with Crippen LogP contribution in [0.15, 0.2) is 53.0 Å². The zero-order chi connectivity index (χ0) is 16.6. The highest BCUT2D eigenvalue weighted by Gasteiger charge is 2.40. The zero-order valence-electron chi connectivity index (χ0n) is 12.1. The SMILES string of the molecule is COc1ccc(N2C(=N)C(=S)N(c3ccc(Br)cc3)C2=O)cc1. The van der Waals surface area contributed by atoms with Gasteiger partial charge in [-0.1, -0.05) is 28.1 Å². The summed E-state index contributed by atoms with van der Waals surface area (Å²) >= 11 is 8.64. The number of amides is 2. The molecule has 0 aromatic heterocycles. The van der Waals surface area contributed by atoms with Crippen molar-refractivity contribution < 1.29 is 9.53 Å². The highest BCUT2D eigenvalue weighted by molar-refractivity contribution is 9.10. The Morgan fingerprint density at radius 1 is 1.00 bits per heavy atom. The Balaban J connectivity index is 1.97. The van der Waals surface area contributed by atoms with E-state index in [0.29, 0.717) is 17.1 Å². The molecular weight excluding hydrogens is 378 g/mol. The molecular formula is C16H12BrN3O2S. The highest BCUT2D eigenvalue weighted by Crippen LogP contribution is 2.29. The third-order valence-corrected chi connectivity index (χ3v) is 4.33. The normalized spacial score (nSPS) is 14.6. The molecule has 1 fully saturated rings. The number of hydrogen-bond acceptors (Lipinski definition) is 4. The Labute approximate surface area is 147 Å². The van der Waals surface area contributed by atoms with Crippen LogP contribution < -0.4 is 14.5 Å². The number of halogens is 1. The summed E-state index contributed by atoms with van der Waals surface area (Å²) in [5.74, 6) is 0.664. The van der Waals surface area contributed by atoms with Crippen molar-refractivity contribution in [3.8, 4) is 5.75 Å². The van der Waals surface area contributed by atoms with Gasteiger partial charge >= 0.3 is 6.03 Å². The second kappa shape index (κ2) is 6.10. The average Bonchev–Trinajstić information content (AvgIpc) is 2.78. The van der Waals surface area contributed by atoms with Crippen LogP contribution in [0, 0.1) is 5.41 Å². The zero-order valence-corrected chi connectivity index (χ0v) is 14.5. The molecule has 5 nitrogen and oxygen atoms in total. The lowest BCUT2D eigenvalue weighted by atomic mass is 10.3. The Kier molecular flexibility index (Phi) is 4.14. The standard InChI is InChI=1S/C16H12BrN3O2S/c1-22-13-8-6-11(7-9-13)19-14(18)15(23)20(16(19)21)12-4-2-10(17)3-5-12/h2-9,18H,1H3. The maximum Gasteiger partial charge on any atom is 0.340 e. The number of anilines is 2. The fourth-order valence-corrected chi connectivity index (χ4v) is 2.81. The van der Waals surface area contributed by atoms with Crippen molar-refractivity contribution >= 4 is 56.4 Å². The topological polar surface area (TPSA) is 56.6 Å². The molecule has 0 bridgehead atoms. The van der Waals surface area contributed by atoms with Crippen LogP contribution in [0.3, 0.4) is 0 Å². The molecule has 0 aliphatic carbocycles. The largest absolute Gasteiger partial charge is 0.497 e. The van der Waals surface area contributed by atoms with Crippen LogP contribution in [-0.2, 0) is 0 Å². The first-order valence-corrected chi connectivity index (χ1v) is 7.90. The predicted octanol–water partition coefficient (Wildman–Crippen LogP) is 4.21. The van der Waals surface area contributed by atoms with E-state index < -0.39 is 0 Å². The number of rotatable bonds is 3. The van der Waals surface area contributed by atoms with Crippen LogP contribution in [-0.4, -0.2) is 24.0 Å². The van der Waals surface area contributed by atoms with Gasteiger partial charge in [0, 0.05) is 4.47 Å². The first kappa shape index (κ1) is 15.6. The number of thiocarbonyl (C=S) groups is 1. The number of urea groups is 1. The lowest BCUT2D eigenvalue weighted by molar-refractivity contribution is 0.257. The molecule has 2 aromatic carbocycles. The van der Waals surface area contributed by atoms with E-state index in [2.05, 4.69) is 15.9 Å². The van der Waals surface area contributed by atoms with Gasteiger partial charge < -0.3 is 4.74 Å². The highest BCUT2D eigenvalue weighted by atomic mass is 79.9. The molecule has 1 N–H and O–H groups in total. The van der Waals surface area contributed by atoms with Gasteiger partial charge in [-0.2, -0.15) is 0 Å². The maximum atomic E-state index is 12.7. The molecule has 7 heteroatoms. The average molecular weight is 390 g/mol. The molecule has 1 heterocycles. The molecule has 0 saturated carbocycles. The quantitative estimate of drug-likeness (QED) is 0.799. The van der Waals surface area contributed by atoms with E-state index in [1.54, 1.807) is 43.5 Å². The Bertz CT molecular complexity index is 790. The van der Waals surface area contributed by atoms with E-state index in [4.69, 9.17) is 22.4 Å². The van der Waals surface area contributed by atoms with Crippen molar-refractivity contribution in [3.05, 3.63) is 53.0 Å². The van der Waals surface area contributed by atoms with Gasteiger partial charge in [-0.05, 0) is 48.5 Å². The summed E-state index contributed by atoms with van der Waals surface area (Å²) in [6, 6.07) is 13.8. The van der Waals surface area contributed by atoms with Crippen molar-refractivity contribution in [2.75, 3.05) is 16.9 Å². The summed E-state index contributed by atoms with van der Waals surface area (Å²) in [4.78, 5) is 15.6. The van der Waals surface area contributed by atoms with Crippen LogP contribution in [0.4, 0.5) is 16.2 Å². The minimum absolute atomic E-state index is 0.0157. The maximum absolute atomic E-state index is 12.7. The van der Waals surface area contributed by atoms with Crippen molar-refractivity contribution in [1.29, 1.82) is 5.41 Å². The van der Waals surface area contributed by atoms with E-state index in [-0.39, 0.29) is 16.9 Å². The molecule has 0 atom stereocenters. The minimum atomic E-state index is -0.368. The number of nitrogens with zero attached hydrogens (tertiary/aromatic N) is 2. The molecule has 1 saturated heterocycles. The number of nitrogens with one attached hydrogen (secondary N) is 1. The van der Waals surface area contributed by atoms with E-state index >= 15 is 0 Å².